The second-order valence-corrected chi connectivity index (χ2v) is 8.42. The van der Waals surface area contributed by atoms with Crippen molar-refractivity contribution in [1.82, 2.24) is 9.88 Å². The third-order valence-electron chi connectivity index (χ3n) is 6.15. The molecule has 154 valence electrons. The van der Waals surface area contributed by atoms with E-state index in [2.05, 4.69) is 26.9 Å². The Kier molecular flexibility index (Phi) is 6.24. The Morgan fingerprint density at radius 2 is 2.00 bits per heavy atom. The largest absolute Gasteiger partial charge is 0.497 e. The van der Waals surface area contributed by atoms with Crippen LogP contribution in [0.2, 0.25) is 5.02 Å². The Bertz CT molecular complexity index is 834. The van der Waals surface area contributed by atoms with Crippen molar-refractivity contribution in [2.45, 2.75) is 38.1 Å². The molecule has 1 unspecified atom stereocenters. The van der Waals surface area contributed by atoms with E-state index >= 15 is 0 Å². The summed E-state index contributed by atoms with van der Waals surface area (Å²) in [6.45, 7) is 2.60. The highest BCUT2D eigenvalue weighted by molar-refractivity contribution is 6.30. The van der Waals surface area contributed by atoms with E-state index in [1.54, 1.807) is 13.3 Å². The van der Waals surface area contributed by atoms with Gasteiger partial charge >= 0.3 is 0 Å². The first-order valence-electron chi connectivity index (χ1n) is 10.4. The van der Waals surface area contributed by atoms with Crippen LogP contribution in [0.15, 0.2) is 42.6 Å². The van der Waals surface area contributed by atoms with Gasteiger partial charge in [-0.15, -0.1) is 0 Å². The van der Waals surface area contributed by atoms with Crippen molar-refractivity contribution in [3.63, 3.8) is 0 Å². The number of carbonyl (C=O) groups excluding carboxylic acids is 1. The summed E-state index contributed by atoms with van der Waals surface area (Å²) in [6.07, 6.45) is 6.51. The van der Waals surface area contributed by atoms with Crippen LogP contribution >= 0.6 is 11.6 Å². The standard InChI is InChI=1S/C23H28ClN3O2/c1-29-21-6-2-4-17(15-21)14-20-5-3-11-27(20)23(28)18-9-12-26(13-10-18)22-8-7-19(24)16-25-22/h2,4,6-8,15-16,18,20H,3,5,9-14H2,1H3. The van der Waals surface area contributed by atoms with Crippen LogP contribution in [0.25, 0.3) is 0 Å². The number of ether oxygens (including phenoxy) is 1. The van der Waals surface area contributed by atoms with Crippen LogP contribution in [0, 0.1) is 5.92 Å². The van der Waals surface area contributed by atoms with Crippen LogP contribution in [0.4, 0.5) is 5.82 Å². The predicted molar refractivity (Wildman–Crippen MR) is 116 cm³/mol. The molecule has 0 radical (unpaired) electrons. The molecule has 29 heavy (non-hydrogen) atoms. The molecule has 6 heteroatoms. The summed E-state index contributed by atoms with van der Waals surface area (Å²) in [6, 6.07) is 12.3. The van der Waals surface area contributed by atoms with Crippen molar-refractivity contribution in [3.05, 3.63) is 53.2 Å². The molecule has 0 bridgehead atoms. The van der Waals surface area contributed by atoms with Crippen LogP contribution in [0.5, 0.6) is 5.75 Å². The maximum absolute atomic E-state index is 13.3. The van der Waals surface area contributed by atoms with Crippen LogP contribution < -0.4 is 9.64 Å². The zero-order chi connectivity index (χ0) is 20.2. The van der Waals surface area contributed by atoms with Gasteiger partial charge in [-0.2, -0.15) is 0 Å². The lowest BCUT2D eigenvalue weighted by atomic mass is 9.94. The highest BCUT2D eigenvalue weighted by Gasteiger charge is 2.34. The fourth-order valence-corrected chi connectivity index (χ4v) is 4.67. The second-order valence-electron chi connectivity index (χ2n) is 7.98. The van der Waals surface area contributed by atoms with Gasteiger partial charge in [-0.3, -0.25) is 4.79 Å². The average Bonchev–Trinajstić information content (AvgIpc) is 3.22. The molecule has 0 aliphatic carbocycles. The monoisotopic (exact) mass is 413 g/mol. The third kappa shape index (κ3) is 4.67. The fourth-order valence-electron chi connectivity index (χ4n) is 4.55. The first-order chi connectivity index (χ1) is 14.1. The molecule has 2 aliphatic heterocycles. The van der Waals surface area contributed by atoms with Crippen molar-refractivity contribution in [3.8, 4) is 5.75 Å². The molecule has 1 aromatic heterocycles. The van der Waals surface area contributed by atoms with E-state index in [1.807, 2.05) is 24.3 Å². The Balaban J connectivity index is 1.35. The van der Waals surface area contributed by atoms with Gasteiger partial charge in [-0.05, 0) is 61.9 Å². The number of halogens is 1. The summed E-state index contributed by atoms with van der Waals surface area (Å²) in [7, 11) is 1.69. The van der Waals surface area contributed by atoms with Crippen LogP contribution in [-0.2, 0) is 11.2 Å². The molecule has 0 spiro atoms. The molecular weight excluding hydrogens is 386 g/mol. The number of aromatic nitrogens is 1. The summed E-state index contributed by atoms with van der Waals surface area (Å²) in [5, 5.41) is 0.648. The Morgan fingerprint density at radius 1 is 1.17 bits per heavy atom. The van der Waals surface area contributed by atoms with E-state index in [4.69, 9.17) is 16.3 Å². The molecule has 1 aromatic carbocycles. The highest BCUT2D eigenvalue weighted by Crippen LogP contribution is 2.29. The minimum atomic E-state index is 0.115. The first kappa shape index (κ1) is 20.0. The van der Waals surface area contributed by atoms with E-state index in [0.29, 0.717) is 17.0 Å². The van der Waals surface area contributed by atoms with E-state index < -0.39 is 0 Å². The van der Waals surface area contributed by atoms with E-state index in [0.717, 1.165) is 63.3 Å². The number of hydrogen-bond acceptors (Lipinski definition) is 4. The van der Waals surface area contributed by atoms with Gasteiger partial charge in [-0.1, -0.05) is 23.7 Å². The van der Waals surface area contributed by atoms with Crippen LogP contribution in [0.3, 0.4) is 0 Å². The van der Waals surface area contributed by atoms with Crippen molar-refractivity contribution < 1.29 is 9.53 Å². The number of carbonyl (C=O) groups is 1. The van der Waals surface area contributed by atoms with Crippen LogP contribution in [-0.4, -0.2) is 48.6 Å². The molecule has 0 N–H and O–H groups in total. The summed E-state index contributed by atoms with van der Waals surface area (Å²) in [5.74, 6) is 2.27. The summed E-state index contributed by atoms with van der Waals surface area (Å²) in [5.41, 5.74) is 1.23. The van der Waals surface area contributed by atoms with Crippen molar-refractivity contribution in [2.24, 2.45) is 5.92 Å². The molecule has 2 aliphatic rings. The van der Waals surface area contributed by atoms with Gasteiger partial charge in [0.25, 0.3) is 0 Å². The number of amides is 1. The maximum atomic E-state index is 13.3. The SMILES string of the molecule is COc1cccc(CC2CCCN2C(=O)C2CCN(c3ccc(Cl)cn3)CC2)c1. The van der Waals surface area contributed by atoms with Gasteiger partial charge < -0.3 is 14.5 Å². The number of rotatable bonds is 5. The average molecular weight is 414 g/mol. The lowest BCUT2D eigenvalue weighted by molar-refractivity contribution is -0.137. The molecule has 0 saturated carbocycles. The number of hydrogen-bond donors (Lipinski definition) is 0. The van der Waals surface area contributed by atoms with E-state index in [1.165, 1.54) is 5.56 Å². The van der Waals surface area contributed by atoms with Crippen molar-refractivity contribution in [1.29, 1.82) is 0 Å². The molecule has 2 saturated heterocycles. The first-order valence-corrected chi connectivity index (χ1v) is 10.8. The van der Waals surface area contributed by atoms with E-state index in [9.17, 15) is 4.79 Å². The normalized spacial score (nSPS) is 20.1. The van der Waals surface area contributed by atoms with Gasteiger partial charge in [0.2, 0.25) is 5.91 Å². The number of likely N-dealkylation sites (tertiary alicyclic amines) is 1. The van der Waals surface area contributed by atoms with Gasteiger partial charge in [0.05, 0.1) is 12.1 Å². The van der Waals surface area contributed by atoms with E-state index in [-0.39, 0.29) is 5.92 Å². The van der Waals surface area contributed by atoms with Gasteiger partial charge in [0.1, 0.15) is 11.6 Å². The number of anilines is 1. The fraction of sp³-hybridized carbons (Fsp3) is 0.478. The van der Waals surface area contributed by atoms with Crippen molar-refractivity contribution in [2.75, 3.05) is 31.6 Å². The molecule has 2 aromatic rings. The summed E-state index contributed by atoms with van der Waals surface area (Å²) >= 11 is 5.94. The lowest BCUT2D eigenvalue weighted by Gasteiger charge is -2.35. The predicted octanol–water partition coefficient (Wildman–Crippen LogP) is 4.19. The Labute approximate surface area is 177 Å². The summed E-state index contributed by atoms with van der Waals surface area (Å²) in [4.78, 5) is 22.1. The number of piperidine rings is 1. The molecular formula is C23H28ClN3O2. The van der Waals surface area contributed by atoms with Gasteiger partial charge in [0.15, 0.2) is 0 Å². The molecule has 4 rings (SSSR count). The molecule has 1 atom stereocenters. The maximum Gasteiger partial charge on any atom is 0.226 e. The molecule has 3 heterocycles. The topological polar surface area (TPSA) is 45.7 Å². The third-order valence-corrected chi connectivity index (χ3v) is 6.37. The Hall–Kier alpha value is -2.27. The highest BCUT2D eigenvalue weighted by atomic mass is 35.5. The quantitative estimate of drug-likeness (QED) is 0.737. The van der Waals surface area contributed by atoms with Gasteiger partial charge in [0, 0.05) is 37.8 Å². The molecule has 5 nitrogen and oxygen atoms in total. The number of methoxy groups -OCH3 is 1. The number of benzene rings is 1. The second kappa shape index (κ2) is 9.04. The minimum absolute atomic E-state index is 0.115. The van der Waals surface area contributed by atoms with Gasteiger partial charge in [-0.25, -0.2) is 4.98 Å². The van der Waals surface area contributed by atoms with Crippen molar-refractivity contribution >= 4 is 23.3 Å². The zero-order valence-corrected chi connectivity index (χ0v) is 17.6. The molecule has 2 fully saturated rings. The Morgan fingerprint density at radius 3 is 2.72 bits per heavy atom. The van der Waals surface area contributed by atoms with Crippen LogP contribution in [0.1, 0.15) is 31.2 Å². The zero-order valence-electron chi connectivity index (χ0n) is 16.9. The minimum Gasteiger partial charge on any atom is -0.497 e. The lowest BCUT2D eigenvalue weighted by Crippen LogP contribution is -2.45. The number of pyridine rings is 1. The molecule has 1 amide bonds. The number of nitrogens with zero attached hydrogens (tertiary/aromatic N) is 3. The smallest absolute Gasteiger partial charge is 0.226 e. The summed E-state index contributed by atoms with van der Waals surface area (Å²) < 4.78 is 5.34.